The smallest absolute Gasteiger partial charge is 0.271 e. The lowest BCUT2D eigenvalue weighted by Gasteiger charge is -2.42. The Hall–Kier alpha value is -2.71. The van der Waals surface area contributed by atoms with Crippen molar-refractivity contribution in [3.63, 3.8) is 0 Å². The molecule has 1 fully saturated rings. The molecule has 0 spiro atoms. The number of piperidine rings is 1. The van der Waals surface area contributed by atoms with Crippen LogP contribution in [-0.4, -0.2) is 50.4 Å². The molecule has 1 amide bonds. The van der Waals surface area contributed by atoms with E-state index in [0.717, 1.165) is 24.2 Å². The highest BCUT2D eigenvalue weighted by molar-refractivity contribution is 7.09. The predicted octanol–water partition coefficient (Wildman–Crippen LogP) is 2.52. The Balaban J connectivity index is 1.34. The highest BCUT2D eigenvalue weighted by Crippen LogP contribution is 2.35. The SMILES string of the molecule is CN(Cc1cccs1)Cc1ccc2n(c1=O)C[C@H]1C[C@@H]2CN(C(=O)c2cnc[nH]2)C1. The highest BCUT2D eigenvalue weighted by Gasteiger charge is 2.37. The van der Waals surface area contributed by atoms with E-state index in [0.29, 0.717) is 37.8 Å². The van der Waals surface area contributed by atoms with Crippen molar-refractivity contribution in [2.75, 3.05) is 20.1 Å². The van der Waals surface area contributed by atoms with Crippen LogP contribution >= 0.6 is 11.3 Å². The molecule has 2 bridgehead atoms. The molecule has 5 heterocycles. The number of pyridine rings is 1. The number of carbonyl (C=O) groups excluding carboxylic acids is 1. The predicted molar refractivity (Wildman–Crippen MR) is 116 cm³/mol. The fourth-order valence-corrected chi connectivity index (χ4v) is 5.62. The van der Waals surface area contributed by atoms with E-state index in [-0.39, 0.29) is 17.4 Å². The molecule has 1 N–H and O–H groups in total. The molecule has 30 heavy (non-hydrogen) atoms. The molecule has 0 aromatic carbocycles. The number of amides is 1. The molecule has 1 saturated heterocycles. The molecule has 2 aliphatic rings. The van der Waals surface area contributed by atoms with E-state index < -0.39 is 0 Å². The third kappa shape index (κ3) is 3.61. The minimum Gasteiger partial charge on any atom is -0.341 e. The number of aromatic nitrogens is 3. The molecule has 0 radical (unpaired) electrons. The van der Waals surface area contributed by atoms with Crippen LogP contribution in [0.1, 0.15) is 39.0 Å². The Kier molecular flexibility index (Phi) is 5.04. The number of imidazole rings is 1. The van der Waals surface area contributed by atoms with E-state index in [1.807, 2.05) is 15.5 Å². The van der Waals surface area contributed by atoms with Gasteiger partial charge in [0.1, 0.15) is 5.69 Å². The van der Waals surface area contributed by atoms with Crippen LogP contribution in [0.2, 0.25) is 0 Å². The Morgan fingerprint density at radius 2 is 2.17 bits per heavy atom. The van der Waals surface area contributed by atoms with Crippen molar-refractivity contribution in [2.24, 2.45) is 5.92 Å². The van der Waals surface area contributed by atoms with Crippen LogP contribution in [0.4, 0.5) is 0 Å². The molecular formula is C22H25N5O2S. The first-order valence-electron chi connectivity index (χ1n) is 10.3. The fraction of sp³-hybridized carbons (Fsp3) is 0.409. The van der Waals surface area contributed by atoms with Gasteiger partial charge < -0.3 is 14.5 Å². The third-order valence-electron chi connectivity index (χ3n) is 6.15. The first-order chi connectivity index (χ1) is 14.6. The quantitative estimate of drug-likeness (QED) is 0.684. The second-order valence-electron chi connectivity index (χ2n) is 8.42. The largest absolute Gasteiger partial charge is 0.341 e. The van der Waals surface area contributed by atoms with Crippen LogP contribution in [0.5, 0.6) is 0 Å². The topological polar surface area (TPSA) is 74.2 Å². The van der Waals surface area contributed by atoms with E-state index in [1.165, 1.54) is 11.2 Å². The summed E-state index contributed by atoms with van der Waals surface area (Å²) in [6.07, 6.45) is 4.14. The van der Waals surface area contributed by atoms with Gasteiger partial charge in [-0.05, 0) is 36.9 Å². The molecular weight excluding hydrogens is 398 g/mol. The zero-order valence-corrected chi connectivity index (χ0v) is 17.8. The summed E-state index contributed by atoms with van der Waals surface area (Å²) in [4.78, 5) is 38.2. The van der Waals surface area contributed by atoms with Gasteiger partial charge in [-0.1, -0.05) is 12.1 Å². The summed E-state index contributed by atoms with van der Waals surface area (Å²) in [5.74, 6) is 0.500. The number of H-pyrrole nitrogens is 1. The maximum Gasteiger partial charge on any atom is 0.271 e. The van der Waals surface area contributed by atoms with Gasteiger partial charge in [-0.2, -0.15) is 0 Å². The van der Waals surface area contributed by atoms with Crippen LogP contribution in [0.25, 0.3) is 0 Å². The number of aromatic amines is 1. The second-order valence-corrected chi connectivity index (χ2v) is 9.46. The summed E-state index contributed by atoms with van der Waals surface area (Å²) in [5, 5.41) is 2.08. The second kappa shape index (κ2) is 7.85. The zero-order chi connectivity index (χ0) is 20.7. The maximum absolute atomic E-state index is 13.2. The van der Waals surface area contributed by atoms with Crippen LogP contribution in [0.15, 0.2) is 47.0 Å². The van der Waals surface area contributed by atoms with Gasteiger partial charge in [0, 0.05) is 54.8 Å². The normalized spacial score (nSPS) is 20.4. The third-order valence-corrected chi connectivity index (χ3v) is 7.01. The Morgan fingerprint density at radius 1 is 1.27 bits per heavy atom. The number of carbonyl (C=O) groups is 1. The number of hydrogen-bond acceptors (Lipinski definition) is 5. The fourth-order valence-electron chi connectivity index (χ4n) is 4.84. The van der Waals surface area contributed by atoms with Crippen molar-refractivity contribution in [3.8, 4) is 0 Å². The molecule has 3 aromatic heterocycles. The van der Waals surface area contributed by atoms with Crippen LogP contribution < -0.4 is 5.56 Å². The van der Waals surface area contributed by atoms with Gasteiger partial charge >= 0.3 is 0 Å². The molecule has 0 aliphatic carbocycles. The number of nitrogens with zero attached hydrogens (tertiary/aromatic N) is 4. The summed E-state index contributed by atoms with van der Waals surface area (Å²) in [7, 11) is 2.05. The molecule has 3 aromatic rings. The Bertz CT molecular complexity index is 1090. The van der Waals surface area contributed by atoms with Crippen LogP contribution in [0.3, 0.4) is 0 Å². The average molecular weight is 424 g/mol. The van der Waals surface area contributed by atoms with Crippen molar-refractivity contribution < 1.29 is 4.79 Å². The standard InChI is InChI=1S/C22H25N5O2S/c1-25(13-18-3-2-6-30-18)11-16-4-5-20-17-7-15(10-27(20)21(16)28)9-26(12-17)22(29)19-8-23-14-24-19/h2-6,8,14-15,17H,7,9-13H2,1H3,(H,23,24)/t15-,17+/m0/s1. The summed E-state index contributed by atoms with van der Waals surface area (Å²) in [5.41, 5.74) is 2.54. The van der Waals surface area contributed by atoms with Crippen molar-refractivity contribution in [1.29, 1.82) is 0 Å². The van der Waals surface area contributed by atoms with E-state index in [2.05, 4.69) is 45.5 Å². The van der Waals surface area contributed by atoms with Crippen molar-refractivity contribution in [1.82, 2.24) is 24.3 Å². The van der Waals surface area contributed by atoms with Crippen LogP contribution in [0, 0.1) is 5.92 Å². The molecule has 8 heteroatoms. The van der Waals surface area contributed by atoms with Gasteiger partial charge in [0.2, 0.25) is 0 Å². The van der Waals surface area contributed by atoms with E-state index in [1.54, 1.807) is 17.5 Å². The minimum atomic E-state index is -0.00943. The lowest BCUT2D eigenvalue weighted by atomic mass is 9.83. The van der Waals surface area contributed by atoms with E-state index in [4.69, 9.17) is 0 Å². The molecule has 2 aliphatic heterocycles. The number of thiophene rings is 1. The summed E-state index contributed by atoms with van der Waals surface area (Å²) >= 11 is 1.74. The van der Waals surface area contributed by atoms with Crippen molar-refractivity contribution in [3.05, 3.63) is 74.4 Å². The highest BCUT2D eigenvalue weighted by atomic mass is 32.1. The number of likely N-dealkylation sites (tertiary alicyclic amines) is 1. The van der Waals surface area contributed by atoms with Gasteiger partial charge in [0.15, 0.2) is 0 Å². The Labute approximate surface area is 179 Å². The number of fused-ring (bicyclic) bond motifs is 4. The number of rotatable bonds is 5. The molecule has 2 atom stereocenters. The first-order valence-corrected chi connectivity index (χ1v) is 11.2. The molecule has 0 saturated carbocycles. The monoisotopic (exact) mass is 423 g/mol. The van der Waals surface area contributed by atoms with Gasteiger partial charge in [0.25, 0.3) is 11.5 Å². The summed E-state index contributed by atoms with van der Waals surface area (Å²) in [6, 6.07) is 8.26. The molecule has 0 unspecified atom stereocenters. The van der Waals surface area contributed by atoms with Crippen molar-refractivity contribution in [2.45, 2.75) is 32.0 Å². The van der Waals surface area contributed by atoms with Gasteiger partial charge in [-0.15, -0.1) is 11.3 Å². The summed E-state index contributed by atoms with van der Waals surface area (Å²) < 4.78 is 1.96. The van der Waals surface area contributed by atoms with Gasteiger partial charge in [-0.25, -0.2) is 4.98 Å². The van der Waals surface area contributed by atoms with E-state index >= 15 is 0 Å². The van der Waals surface area contributed by atoms with E-state index in [9.17, 15) is 9.59 Å². The average Bonchev–Trinajstić information content (AvgIpc) is 3.44. The van der Waals surface area contributed by atoms with Gasteiger partial charge in [0.05, 0.1) is 12.5 Å². The zero-order valence-electron chi connectivity index (χ0n) is 17.0. The first kappa shape index (κ1) is 19.3. The summed E-state index contributed by atoms with van der Waals surface area (Å²) in [6.45, 7) is 3.49. The molecule has 7 nitrogen and oxygen atoms in total. The number of nitrogens with one attached hydrogen (secondary N) is 1. The molecule has 5 rings (SSSR count). The minimum absolute atomic E-state index is 0.00943. The maximum atomic E-state index is 13.2. The number of hydrogen-bond donors (Lipinski definition) is 1. The Morgan fingerprint density at radius 3 is 2.93 bits per heavy atom. The van der Waals surface area contributed by atoms with Crippen LogP contribution in [-0.2, 0) is 19.6 Å². The van der Waals surface area contributed by atoms with Gasteiger partial charge in [-0.3, -0.25) is 14.5 Å². The molecule has 156 valence electrons. The lowest BCUT2D eigenvalue weighted by molar-refractivity contribution is 0.0589. The van der Waals surface area contributed by atoms with Crippen molar-refractivity contribution >= 4 is 17.2 Å². The lowest BCUT2D eigenvalue weighted by Crippen LogP contribution is -2.49.